The minimum atomic E-state index is -3.66. The molecule has 27 heavy (non-hydrogen) atoms. The Labute approximate surface area is 171 Å². The van der Waals surface area contributed by atoms with Gasteiger partial charge >= 0.3 is 0 Å². The normalized spacial score (nSPS) is 12.3. The summed E-state index contributed by atoms with van der Waals surface area (Å²) in [6.45, 7) is 7.42. The summed E-state index contributed by atoms with van der Waals surface area (Å²) in [5.41, 5.74) is 2.40. The number of hydrogen-bond acceptors (Lipinski definition) is 4. The molecule has 2 aromatic rings. The lowest BCUT2D eigenvalue weighted by molar-refractivity contribution is 0.494. The maximum Gasteiger partial charge on any atom is 0.254 e. The van der Waals surface area contributed by atoms with Gasteiger partial charge in [0.25, 0.3) is 10.0 Å². The average Bonchev–Trinajstić information content (AvgIpc) is 2.58. The molecule has 0 aromatic heterocycles. The molecule has 0 saturated heterocycles. The van der Waals surface area contributed by atoms with Gasteiger partial charge in [-0.15, -0.1) is 3.71 Å². The Morgan fingerprint density at radius 1 is 1.15 bits per heavy atom. The predicted octanol–water partition coefficient (Wildman–Crippen LogP) is 5.21. The van der Waals surface area contributed by atoms with Crippen LogP contribution in [0.4, 0.5) is 5.69 Å². The van der Waals surface area contributed by atoms with Gasteiger partial charge in [0, 0.05) is 13.1 Å². The Balaban J connectivity index is 2.23. The molecule has 0 amide bonds. The van der Waals surface area contributed by atoms with Crippen LogP contribution in [0, 0.1) is 13.8 Å². The van der Waals surface area contributed by atoms with Crippen molar-refractivity contribution in [3.63, 3.8) is 0 Å². The first-order chi connectivity index (χ1) is 12.6. The highest BCUT2D eigenvalue weighted by molar-refractivity contribution is 8.07. The first kappa shape index (κ1) is 21.8. The predicted molar refractivity (Wildman–Crippen MR) is 115 cm³/mol. The van der Waals surface area contributed by atoms with Crippen molar-refractivity contribution in [2.45, 2.75) is 38.6 Å². The van der Waals surface area contributed by atoms with Gasteiger partial charge in [-0.05, 0) is 57.0 Å². The molecule has 146 valence electrons. The van der Waals surface area contributed by atoms with Crippen molar-refractivity contribution in [1.82, 2.24) is 8.02 Å². The number of nitrogens with zero attached hydrogens (tertiary/aromatic N) is 3. The lowest BCUT2D eigenvalue weighted by Gasteiger charge is -2.27. The zero-order valence-electron chi connectivity index (χ0n) is 16.0. The van der Waals surface area contributed by atoms with E-state index < -0.39 is 10.0 Å². The molecule has 0 aliphatic rings. The monoisotopic (exact) mass is 425 g/mol. The van der Waals surface area contributed by atoms with E-state index in [-0.39, 0.29) is 6.04 Å². The van der Waals surface area contributed by atoms with Gasteiger partial charge in [-0.25, -0.2) is 13.4 Å². The summed E-state index contributed by atoms with van der Waals surface area (Å²) >= 11 is 7.27. The zero-order chi connectivity index (χ0) is 20.2. The van der Waals surface area contributed by atoms with Crippen molar-refractivity contribution in [1.29, 1.82) is 0 Å². The van der Waals surface area contributed by atoms with Gasteiger partial charge in [-0.1, -0.05) is 35.9 Å². The fraction of sp³-hybridized carbons (Fsp3) is 0.316. The fourth-order valence-corrected chi connectivity index (χ4v) is 5.56. The minimum Gasteiger partial charge on any atom is -0.296 e. The number of halogens is 1. The second kappa shape index (κ2) is 9.10. The summed E-state index contributed by atoms with van der Waals surface area (Å²) in [5, 5.41) is 0.554. The molecular weight excluding hydrogens is 402 g/mol. The standard InChI is InChI=1S/C19H24ClN3O2S2/c1-14(2)23(27(24,25)19-9-7-6-8-16(19)4)26-22(5)13-21-18-11-10-15(3)12-17(18)20/h6-14H,1-5H3/b21-13+. The van der Waals surface area contributed by atoms with E-state index in [9.17, 15) is 8.42 Å². The maximum absolute atomic E-state index is 13.1. The Morgan fingerprint density at radius 2 is 1.81 bits per heavy atom. The summed E-state index contributed by atoms with van der Waals surface area (Å²) < 4.78 is 29.2. The molecular formula is C19H24ClN3O2S2. The number of aliphatic imine (C=N–C) groups is 1. The molecule has 0 radical (unpaired) electrons. The number of aryl methyl sites for hydroxylation is 2. The number of benzene rings is 2. The van der Waals surface area contributed by atoms with E-state index in [1.807, 2.05) is 45.0 Å². The smallest absolute Gasteiger partial charge is 0.254 e. The van der Waals surface area contributed by atoms with Gasteiger partial charge in [-0.3, -0.25) is 4.31 Å². The van der Waals surface area contributed by atoms with Crippen LogP contribution < -0.4 is 0 Å². The molecule has 0 atom stereocenters. The Bertz CT molecular complexity index is 930. The SMILES string of the molecule is Cc1ccc(/N=C/N(C)SN(C(C)C)S(=O)(=O)c2ccccc2C)c(Cl)c1. The Hall–Kier alpha value is -1.54. The topological polar surface area (TPSA) is 53.0 Å². The van der Waals surface area contributed by atoms with Crippen LogP contribution in [0.2, 0.25) is 5.02 Å². The first-order valence-electron chi connectivity index (χ1n) is 8.44. The van der Waals surface area contributed by atoms with Crippen molar-refractivity contribution in [2.24, 2.45) is 4.99 Å². The highest BCUT2D eigenvalue weighted by Gasteiger charge is 2.30. The molecule has 2 rings (SSSR count). The van der Waals surface area contributed by atoms with Crippen molar-refractivity contribution in [3.05, 3.63) is 58.6 Å². The van der Waals surface area contributed by atoms with Crippen molar-refractivity contribution in [2.75, 3.05) is 7.05 Å². The van der Waals surface area contributed by atoms with Crippen molar-refractivity contribution in [3.8, 4) is 0 Å². The molecule has 0 heterocycles. The van der Waals surface area contributed by atoms with Crippen LogP contribution in [0.5, 0.6) is 0 Å². The van der Waals surface area contributed by atoms with Gasteiger partial charge in [0.2, 0.25) is 0 Å². The third kappa shape index (κ3) is 5.48. The molecule has 0 bridgehead atoms. The van der Waals surface area contributed by atoms with Crippen LogP contribution in [0.1, 0.15) is 25.0 Å². The lowest BCUT2D eigenvalue weighted by atomic mass is 10.2. The third-order valence-electron chi connectivity index (χ3n) is 3.70. The first-order valence-corrected chi connectivity index (χ1v) is 11.0. The Morgan fingerprint density at radius 3 is 2.41 bits per heavy atom. The van der Waals surface area contributed by atoms with Gasteiger partial charge < -0.3 is 0 Å². The summed E-state index contributed by atoms with van der Waals surface area (Å²) in [5.74, 6) is 0. The zero-order valence-corrected chi connectivity index (χ0v) is 18.4. The number of rotatable bonds is 7. The molecule has 0 spiro atoms. The van der Waals surface area contributed by atoms with E-state index in [2.05, 4.69) is 4.99 Å². The molecule has 0 aliphatic carbocycles. The number of sulfonamides is 1. The van der Waals surface area contributed by atoms with Gasteiger partial charge in [0.15, 0.2) is 0 Å². The second-order valence-corrected chi connectivity index (χ2v) is 10.0. The molecule has 0 N–H and O–H groups in total. The van der Waals surface area contributed by atoms with Crippen LogP contribution in [-0.4, -0.2) is 35.9 Å². The van der Waals surface area contributed by atoms with E-state index in [4.69, 9.17) is 11.6 Å². The van der Waals surface area contributed by atoms with E-state index in [0.717, 1.165) is 17.7 Å². The summed E-state index contributed by atoms with van der Waals surface area (Å²) in [4.78, 5) is 4.66. The molecule has 0 unspecified atom stereocenters. The summed E-state index contributed by atoms with van der Waals surface area (Å²) in [7, 11) is -1.91. The Kier molecular flexibility index (Phi) is 7.33. The van der Waals surface area contributed by atoms with Crippen molar-refractivity contribution >= 4 is 45.8 Å². The van der Waals surface area contributed by atoms with Gasteiger partial charge in [-0.2, -0.15) is 0 Å². The summed E-state index contributed by atoms with van der Waals surface area (Å²) in [6.07, 6.45) is 1.56. The maximum atomic E-state index is 13.1. The highest BCUT2D eigenvalue weighted by Crippen LogP contribution is 2.30. The average molecular weight is 426 g/mol. The highest BCUT2D eigenvalue weighted by atomic mass is 35.5. The van der Waals surface area contributed by atoms with Gasteiger partial charge in [0.1, 0.15) is 6.34 Å². The lowest BCUT2D eigenvalue weighted by Crippen LogP contribution is -2.34. The van der Waals surface area contributed by atoms with Crippen LogP contribution in [0.25, 0.3) is 0 Å². The quantitative estimate of drug-likeness (QED) is 0.347. The number of hydrogen-bond donors (Lipinski definition) is 0. The van der Waals surface area contributed by atoms with Crippen LogP contribution >= 0.6 is 23.7 Å². The molecule has 0 aliphatic heterocycles. The molecule has 0 saturated carbocycles. The minimum absolute atomic E-state index is 0.238. The third-order valence-corrected chi connectivity index (χ3v) is 7.64. The van der Waals surface area contributed by atoms with E-state index in [1.165, 1.54) is 3.71 Å². The van der Waals surface area contributed by atoms with Gasteiger partial charge in [0.05, 0.1) is 27.7 Å². The van der Waals surface area contributed by atoms with E-state index in [0.29, 0.717) is 21.2 Å². The van der Waals surface area contributed by atoms with E-state index in [1.54, 1.807) is 42.8 Å². The van der Waals surface area contributed by atoms with E-state index >= 15 is 0 Å². The molecule has 0 fully saturated rings. The molecule has 8 heteroatoms. The largest absolute Gasteiger partial charge is 0.296 e. The molecule has 2 aromatic carbocycles. The van der Waals surface area contributed by atoms with Crippen LogP contribution in [0.15, 0.2) is 52.4 Å². The van der Waals surface area contributed by atoms with Crippen molar-refractivity contribution < 1.29 is 8.42 Å². The second-order valence-electron chi connectivity index (χ2n) is 6.45. The summed E-state index contributed by atoms with van der Waals surface area (Å²) in [6, 6.07) is 12.3. The van der Waals surface area contributed by atoms with Crippen LogP contribution in [-0.2, 0) is 10.0 Å². The van der Waals surface area contributed by atoms with Crippen LogP contribution in [0.3, 0.4) is 0 Å². The molecule has 5 nitrogen and oxygen atoms in total. The fourth-order valence-electron chi connectivity index (χ4n) is 2.37.